The van der Waals surface area contributed by atoms with Crippen molar-refractivity contribution >= 4 is 5.97 Å². The molecule has 0 spiro atoms. The Bertz CT molecular complexity index is 637. The van der Waals surface area contributed by atoms with Crippen LogP contribution in [0.1, 0.15) is 35.7 Å². The van der Waals surface area contributed by atoms with Crippen molar-refractivity contribution in [2.75, 3.05) is 19.8 Å². The molecule has 0 aromatic heterocycles. The first-order chi connectivity index (χ1) is 11.7. The van der Waals surface area contributed by atoms with Crippen LogP contribution >= 0.6 is 0 Å². The number of hydrogen-bond acceptors (Lipinski definition) is 4. The molecule has 24 heavy (non-hydrogen) atoms. The Hall–Kier alpha value is -2.49. The van der Waals surface area contributed by atoms with Crippen molar-refractivity contribution in [2.24, 2.45) is 0 Å². The molecule has 4 heteroatoms. The molecule has 2 aromatic carbocycles. The van der Waals surface area contributed by atoms with E-state index in [4.69, 9.17) is 14.2 Å². The fourth-order valence-electron chi connectivity index (χ4n) is 2.18. The first-order valence-electron chi connectivity index (χ1n) is 8.29. The highest BCUT2D eigenvalue weighted by molar-refractivity contribution is 5.91. The topological polar surface area (TPSA) is 44.8 Å². The van der Waals surface area contributed by atoms with Gasteiger partial charge in [0.1, 0.15) is 24.7 Å². The maximum absolute atomic E-state index is 12.1. The van der Waals surface area contributed by atoms with E-state index < -0.39 is 0 Å². The number of carbonyl (C=O) groups excluding carboxylic acids is 1. The smallest absolute Gasteiger partial charge is 0.338 e. The van der Waals surface area contributed by atoms with Crippen molar-refractivity contribution in [3.05, 3.63) is 59.7 Å². The molecule has 2 rings (SSSR count). The summed E-state index contributed by atoms with van der Waals surface area (Å²) in [5, 5.41) is 0. The minimum Gasteiger partial charge on any atom is -0.494 e. The first kappa shape index (κ1) is 17.9. The van der Waals surface area contributed by atoms with Crippen LogP contribution in [0.15, 0.2) is 48.5 Å². The van der Waals surface area contributed by atoms with Crippen molar-refractivity contribution in [2.45, 2.75) is 26.7 Å². The van der Waals surface area contributed by atoms with Crippen LogP contribution in [0.2, 0.25) is 0 Å². The molecule has 128 valence electrons. The molecule has 0 aliphatic heterocycles. The monoisotopic (exact) mass is 328 g/mol. The van der Waals surface area contributed by atoms with Crippen LogP contribution < -0.4 is 9.47 Å². The SMILES string of the molecule is CCCCOc1ccc(C(=O)OCCOc2ccccc2)c(C)c1. The summed E-state index contributed by atoms with van der Waals surface area (Å²) in [4.78, 5) is 12.1. The predicted octanol–water partition coefficient (Wildman–Crippen LogP) is 4.41. The van der Waals surface area contributed by atoms with Gasteiger partial charge in [-0.15, -0.1) is 0 Å². The number of para-hydroxylation sites is 1. The van der Waals surface area contributed by atoms with Gasteiger partial charge in [-0.3, -0.25) is 0 Å². The number of unbranched alkanes of at least 4 members (excludes halogenated alkanes) is 1. The zero-order valence-corrected chi connectivity index (χ0v) is 14.3. The molecule has 0 fully saturated rings. The Morgan fingerprint density at radius 2 is 1.67 bits per heavy atom. The van der Waals surface area contributed by atoms with Crippen molar-refractivity contribution in [3.8, 4) is 11.5 Å². The Morgan fingerprint density at radius 1 is 0.917 bits per heavy atom. The van der Waals surface area contributed by atoms with Crippen LogP contribution in [0.4, 0.5) is 0 Å². The van der Waals surface area contributed by atoms with Crippen LogP contribution in [0, 0.1) is 6.92 Å². The third-order valence-corrected chi connectivity index (χ3v) is 3.51. The molecule has 4 nitrogen and oxygen atoms in total. The molecule has 0 saturated carbocycles. The number of carbonyl (C=O) groups is 1. The molecule has 0 aliphatic carbocycles. The van der Waals surface area contributed by atoms with Crippen molar-refractivity contribution in [1.82, 2.24) is 0 Å². The van der Waals surface area contributed by atoms with Gasteiger partial charge < -0.3 is 14.2 Å². The highest BCUT2D eigenvalue weighted by Gasteiger charge is 2.11. The molecule has 0 heterocycles. The fourth-order valence-corrected chi connectivity index (χ4v) is 2.18. The molecule has 0 amide bonds. The van der Waals surface area contributed by atoms with Crippen LogP contribution in [0.5, 0.6) is 11.5 Å². The predicted molar refractivity (Wildman–Crippen MR) is 93.8 cm³/mol. The van der Waals surface area contributed by atoms with E-state index >= 15 is 0 Å². The standard InChI is InChI=1S/C20H24O4/c1-3-4-12-22-18-10-11-19(16(2)15-18)20(21)24-14-13-23-17-8-6-5-7-9-17/h5-11,15H,3-4,12-14H2,1-2H3. The minimum absolute atomic E-state index is 0.210. The molecular weight excluding hydrogens is 304 g/mol. The Labute approximate surface area is 143 Å². The van der Waals surface area contributed by atoms with Crippen molar-refractivity contribution < 1.29 is 19.0 Å². The molecule has 0 aliphatic rings. The van der Waals surface area contributed by atoms with E-state index in [1.165, 1.54) is 0 Å². The average molecular weight is 328 g/mol. The molecule has 0 unspecified atom stereocenters. The lowest BCUT2D eigenvalue weighted by atomic mass is 10.1. The molecule has 0 N–H and O–H groups in total. The largest absolute Gasteiger partial charge is 0.494 e. The van der Waals surface area contributed by atoms with Crippen LogP contribution in [-0.2, 0) is 4.74 Å². The van der Waals surface area contributed by atoms with Gasteiger partial charge in [0.25, 0.3) is 0 Å². The summed E-state index contributed by atoms with van der Waals surface area (Å²) in [5.41, 5.74) is 1.40. The van der Waals surface area contributed by atoms with Crippen molar-refractivity contribution in [1.29, 1.82) is 0 Å². The van der Waals surface area contributed by atoms with Crippen LogP contribution in [0.3, 0.4) is 0 Å². The maximum Gasteiger partial charge on any atom is 0.338 e. The van der Waals surface area contributed by atoms with E-state index in [9.17, 15) is 4.79 Å². The third-order valence-electron chi connectivity index (χ3n) is 3.51. The number of esters is 1. The van der Waals surface area contributed by atoms with Gasteiger partial charge in [-0.1, -0.05) is 31.5 Å². The van der Waals surface area contributed by atoms with Gasteiger partial charge in [0.15, 0.2) is 0 Å². The third kappa shape index (κ3) is 5.61. The Morgan fingerprint density at radius 3 is 2.38 bits per heavy atom. The van der Waals surface area contributed by atoms with Gasteiger partial charge in [0.2, 0.25) is 0 Å². The lowest BCUT2D eigenvalue weighted by molar-refractivity contribution is 0.0449. The van der Waals surface area contributed by atoms with Gasteiger partial charge in [-0.25, -0.2) is 4.79 Å². The Kier molecular flexibility index (Phi) is 7.15. The van der Waals surface area contributed by atoms with Crippen LogP contribution in [0.25, 0.3) is 0 Å². The summed E-state index contributed by atoms with van der Waals surface area (Å²) in [5.74, 6) is 1.20. The average Bonchev–Trinajstić information content (AvgIpc) is 2.60. The minimum atomic E-state index is -0.343. The zero-order valence-electron chi connectivity index (χ0n) is 14.3. The number of rotatable bonds is 9. The van der Waals surface area contributed by atoms with E-state index in [0.29, 0.717) is 18.8 Å². The summed E-state index contributed by atoms with van der Waals surface area (Å²) in [6, 6.07) is 14.9. The van der Waals surface area contributed by atoms with E-state index in [1.54, 1.807) is 12.1 Å². The molecule has 0 atom stereocenters. The van der Waals surface area contributed by atoms with Crippen LogP contribution in [-0.4, -0.2) is 25.8 Å². The summed E-state index contributed by atoms with van der Waals surface area (Å²) in [6.07, 6.45) is 2.11. The summed E-state index contributed by atoms with van der Waals surface area (Å²) in [7, 11) is 0. The molecule has 2 aromatic rings. The highest BCUT2D eigenvalue weighted by Crippen LogP contribution is 2.18. The maximum atomic E-state index is 12.1. The lowest BCUT2D eigenvalue weighted by Crippen LogP contribution is -2.13. The summed E-state index contributed by atoms with van der Waals surface area (Å²) in [6.45, 7) is 5.23. The van der Waals surface area contributed by atoms with Crippen molar-refractivity contribution in [3.63, 3.8) is 0 Å². The van der Waals surface area contributed by atoms with Gasteiger partial charge in [0, 0.05) is 0 Å². The second kappa shape index (κ2) is 9.60. The normalized spacial score (nSPS) is 10.2. The van der Waals surface area contributed by atoms with Gasteiger partial charge >= 0.3 is 5.97 Å². The first-order valence-corrected chi connectivity index (χ1v) is 8.29. The lowest BCUT2D eigenvalue weighted by Gasteiger charge is -2.10. The van der Waals surface area contributed by atoms with E-state index in [2.05, 4.69) is 6.92 Å². The number of hydrogen-bond donors (Lipinski definition) is 0. The number of ether oxygens (including phenoxy) is 3. The molecule has 0 saturated heterocycles. The van der Waals surface area contributed by atoms with Gasteiger partial charge in [0.05, 0.1) is 12.2 Å². The Balaban J connectivity index is 1.79. The molecule has 0 radical (unpaired) electrons. The van der Waals surface area contributed by atoms with Gasteiger partial charge in [-0.05, 0) is 49.2 Å². The number of benzene rings is 2. The van der Waals surface area contributed by atoms with Gasteiger partial charge in [-0.2, -0.15) is 0 Å². The second-order valence-corrected chi connectivity index (χ2v) is 5.48. The van der Waals surface area contributed by atoms with E-state index in [1.807, 2.05) is 43.3 Å². The quantitative estimate of drug-likeness (QED) is 0.505. The second-order valence-electron chi connectivity index (χ2n) is 5.48. The molecule has 0 bridgehead atoms. The van der Waals surface area contributed by atoms with E-state index in [0.717, 1.165) is 29.9 Å². The highest BCUT2D eigenvalue weighted by atomic mass is 16.6. The number of aryl methyl sites for hydroxylation is 1. The summed E-state index contributed by atoms with van der Waals surface area (Å²) < 4.78 is 16.4. The van der Waals surface area contributed by atoms with E-state index in [-0.39, 0.29) is 12.6 Å². The zero-order chi connectivity index (χ0) is 17.2. The summed E-state index contributed by atoms with van der Waals surface area (Å²) >= 11 is 0. The fraction of sp³-hybridized carbons (Fsp3) is 0.350. The molecular formula is C20H24O4.